The van der Waals surface area contributed by atoms with Gasteiger partial charge in [-0.25, -0.2) is 0 Å². The molecule has 0 radical (unpaired) electrons. The fourth-order valence-corrected chi connectivity index (χ4v) is 0.0707. The molecule has 0 heterocycles. The van der Waals surface area contributed by atoms with Crippen LogP contribution in [0.15, 0.2) is 5.10 Å². The Hall–Kier alpha value is -0.450. The summed E-state index contributed by atoms with van der Waals surface area (Å²) in [5.41, 5.74) is 2.68. The van der Waals surface area contributed by atoms with Gasteiger partial charge in [0.05, 0.1) is 6.72 Å². The summed E-state index contributed by atoms with van der Waals surface area (Å²) in [4.78, 5) is -0.0972. The molecule has 4 nitrogen and oxygen atoms in total. The van der Waals surface area contributed by atoms with Crippen LogP contribution in [0.3, 0.4) is 0 Å². The van der Waals surface area contributed by atoms with Crippen molar-refractivity contribution in [1.82, 2.24) is 5.43 Å². The minimum Gasteiger partial charge on any atom is -0.134 e. The highest BCUT2D eigenvalue weighted by molar-refractivity contribution is 5.21. The molecular formula is C3H11N4+. The topological polar surface area (TPSA) is 50.4 Å². The van der Waals surface area contributed by atoms with E-state index in [1.54, 1.807) is 14.1 Å². The van der Waals surface area contributed by atoms with E-state index in [-0.39, 0.29) is 4.81 Å². The molecule has 0 aliphatic heterocycles. The first kappa shape index (κ1) is 6.55. The zero-order valence-electron chi connectivity index (χ0n) is 4.68. The third-order valence-electron chi connectivity index (χ3n) is 0.746. The van der Waals surface area contributed by atoms with Crippen LogP contribution >= 0.6 is 0 Å². The summed E-state index contributed by atoms with van der Waals surface area (Å²) in [6.45, 7) is 3.24. The Kier molecular flexibility index (Phi) is 1.89. The van der Waals surface area contributed by atoms with Crippen molar-refractivity contribution < 1.29 is 4.81 Å². The van der Waals surface area contributed by atoms with Gasteiger partial charge in [0.1, 0.15) is 7.05 Å². The lowest BCUT2D eigenvalue weighted by atomic mass is 11.2. The van der Waals surface area contributed by atoms with E-state index >= 15 is 0 Å². The number of hydrogen-bond acceptors (Lipinski definition) is 3. The van der Waals surface area contributed by atoms with Gasteiger partial charge in [0, 0.05) is 7.05 Å². The fourth-order valence-electron chi connectivity index (χ4n) is 0.0707. The van der Waals surface area contributed by atoms with Gasteiger partial charge in [0.2, 0.25) is 0 Å². The molecule has 0 fully saturated rings. The van der Waals surface area contributed by atoms with Crippen LogP contribution < -0.4 is 11.3 Å². The average Bonchev–Trinajstić information content (AvgIpc) is 1.68. The molecule has 0 aromatic rings. The molecule has 4 heteroatoms. The highest BCUT2D eigenvalue weighted by Gasteiger charge is 2.06. The maximum absolute atomic E-state index is 5.31. The molecule has 0 amide bonds. The highest BCUT2D eigenvalue weighted by Crippen LogP contribution is 1.78. The second-order valence-corrected chi connectivity index (χ2v) is 1.39. The van der Waals surface area contributed by atoms with Crippen molar-refractivity contribution in [3.8, 4) is 0 Å². The third kappa shape index (κ3) is 2.27. The van der Waals surface area contributed by atoms with E-state index in [2.05, 4.69) is 17.2 Å². The van der Waals surface area contributed by atoms with Gasteiger partial charge in [-0.2, -0.15) is 0 Å². The molecule has 1 unspecified atom stereocenters. The summed E-state index contributed by atoms with van der Waals surface area (Å²) in [7, 11) is 3.38. The van der Waals surface area contributed by atoms with E-state index in [0.29, 0.717) is 0 Å². The second kappa shape index (κ2) is 2.02. The molecule has 0 saturated carbocycles. The Morgan fingerprint density at radius 1 is 1.86 bits per heavy atom. The first-order chi connectivity index (χ1) is 3.12. The van der Waals surface area contributed by atoms with Crippen molar-refractivity contribution in [3.63, 3.8) is 0 Å². The largest absolute Gasteiger partial charge is 0.134 e. The molecule has 0 aromatic heterocycles. The van der Waals surface area contributed by atoms with Crippen molar-refractivity contribution in [3.05, 3.63) is 0 Å². The summed E-state index contributed by atoms with van der Waals surface area (Å²) in [6.07, 6.45) is 0. The van der Waals surface area contributed by atoms with Crippen molar-refractivity contribution in [2.45, 2.75) is 0 Å². The lowest BCUT2D eigenvalue weighted by Gasteiger charge is -2.16. The average molecular weight is 103 g/mol. The normalized spacial score (nSPS) is 18.1. The van der Waals surface area contributed by atoms with Gasteiger partial charge < -0.3 is 0 Å². The van der Waals surface area contributed by atoms with Crippen LogP contribution in [0.2, 0.25) is 0 Å². The predicted molar refractivity (Wildman–Crippen MR) is 29.0 cm³/mol. The lowest BCUT2D eigenvalue weighted by Crippen LogP contribution is -2.54. The maximum Gasteiger partial charge on any atom is 0.132 e. The van der Waals surface area contributed by atoms with E-state index in [1.807, 2.05) is 0 Å². The van der Waals surface area contributed by atoms with Gasteiger partial charge in [0.15, 0.2) is 0 Å². The molecule has 7 heavy (non-hydrogen) atoms. The van der Waals surface area contributed by atoms with Crippen molar-refractivity contribution >= 4 is 6.72 Å². The zero-order chi connectivity index (χ0) is 5.91. The monoisotopic (exact) mass is 103 g/mol. The molecule has 0 aromatic carbocycles. The van der Waals surface area contributed by atoms with E-state index in [9.17, 15) is 0 Å². The Morgan fingerprint density at radius 3 is 2.29 bits per heavy atom. The summed E-state index contributed by atoms with van der Waals surface area (Å²) >= 11 is 0. The van der Waals surface area contributed by atoms with Gasteiger partial charge in [-0.05, 0) is 0 Å². The Morgan fingerprint density at radius 2 is 2.29 bits per heavy atom. The van der Waals surface area contributed by atoms with Gasteiger partial charge >= 0.3 is 0 Å². The van der Waals surface area contributed by atoms with Crippen LogP contribution in [0.1, 0.15) is 0 Å². The predicted octanol–water partition coefficient (Wildman–Crippen LogP) is -0.943. The molecule has 0 bridgehead atoms. The summed E-state index contributed by atoms with van der Waals surface area (Å²) in [5, 5.41) is 3.49. The number of nitrogens with one attached hydrogen (secondary N) is 1. The zero-order valence-corrected chi connectivity index (χ0v) is 4.68. The first-order valence-corrected chi connectivity index (χ1v) is 1.95. The van der Waals surface area contributed by atoms with Crippen molar-refractivity contribution in [1.29, 1.82) is 0 Å². The van der Waals surface area contributed by atoms with Gasteiger partial charge in [-0.3, -0.25) is 0 Å². The van der Waals surface area contributed by atoms with E-state index in [1.165, 1.54) is 0 Å². The molecule has 42 valence electrons. The molecule has 1 atom stereocenters. The van der Waals surface area contributed by atoms with Crippen LogP contribution in [0.4, 0.5) is 0 Å². The highest BCUT2D eigenvalue weighted by atomic mass is 15.9. The van der Waals surface area contributed by atoms with Crippen LogP contribution in [-0.4, -0.2) is 25.6 Å². The van der Waals surface area contributed by atoms with Crippen LogP contribution in [0, 0.1) is 0 Å². The Balaban J connectivity index is 3.58. The molecule has 3 N–H and O–H groups in total. The minimum absolute atomic E-state index is 0.0972. The summed E-state index contributed by atoms with van der Waals surface area (Å²) < 4.78 is 0. The lowest BCUT2D eigenvalue weighted by molar-refractivity contribution is -0.967. The summed E-state index contributed by atoms with van der Waals surface area (Å²) in [5.74, 6) is 5.31. The number of nitrogens with two attached hydrogens (primary N) is 1. The van der Waals surface area contributed by atoms with E-state index in [4.69, 9.17) is 5.84 Å². The van der Waals surface area contributed by atoms with Crippen LogP contribution in [0.25, 0.3) is 0 Å². The van der Waals surface area contributed by atoms with Crippen molar-refractivity contribution in [2.75, 3.05) is 14.1 Å². The minimum atomic E-state index is -0.0972. The van der Waals surface area contributed by atoms with E-state index in [0.717, 1.165) is 0 Å². The molecular weight excluding hydrogens is 92.1 g/mol. The smallest absolute Gasteiger partial charge is 0.132 e. The molecule has 0 spiro atoms. The number of rotatable bonds is 2. The van der Waals surface area contributed by atoms with Gasteiger partial charge in [0.25, 0.3) is 0 Å². The fraction of sp³-hybridized carbons (Fsp3) is 0.667. The maximum atomic E-state index is 5.31. The Labute approximate surface area is 43.1 Å². The quantitative estimate of drug-likeness (QED) is 0.205. The third-order valence-corrected chi connectivity index (χ3v) is 0.746. The number of quaternary nitrogens is 1. The van der Waals surface area contributed by atoms with Crippen molar-refractivity contribution in [2.24, 2.45) is 10.9 Å². The molecule has 0 saturated heterocycles. The second-order valence-electron chi connectivity index (χ2n) is 1.39. The van der Waals surface area contributed by atoms with Crippen LogP contribution in [0.5, 0.6) is 0 Å². The first-order valence-electron chi connectivity index (χ1n) is 1.95. The summed E-state index contributed by atoms with van der Waals surface area (Å²) in [6, 6.07) is 0. The standard InChI is InChI=1S/C3H11N4/c1-5-7(3,4)6-2/h6H,1,4H2,2-3H3/q+1. The van der Waals surface area contributed by atoms with Gasteiger partial charge in [-0.15, -0.1) is 11.3 Å². The number of nitrogens with zero attached hydrogens (tertiary/aromatic N) is 2. The SMILES string of the molecule is C=N[N+](C)(N)NC. The van der Waals surface area contributed by atoms with Crippen LogP contribution in [-0.2, 0) is 0 Å². The molecule has 0 rings (SSSR count). The van der Waals surface area contributed by atoms with E-state index < -0.39 is 0 Å². The van der Waals surface area contributed by atoms with Gasteiger partial charge in [-0.1, -0.05) is 9.91 Å². The molecule has 0 aliphatic rings. The number of hydrogen-bond donors (Lipinski definition) is 2. The Bertz CT molecular complexity index is 67.3. The molecule has 0 aliphatic carbocycles.